The number of benzene rings is 2. The van der Waals surface area contributed by atoms with E-state index in [1.54, 1.807) is 36.4 Å². The van der Waals surface area contributed by atoms with Gasteiger partial charge in [-0.25, -0.2) is 5.01 Å². The molecule has 2 fully saturated rings. The molecule has 0 aromatic heterocycles. The number of carbonyl (C=O) groups excluding carboxylic acids is 4. The Morgan fingerprint density at radius 3 is 2.22 bits per heavy atom. The van der Waals surface area contributed by atoms with Crippen LogP contribution in [0, 0.1) is 11.8 Å². The molecule has 1 aliphatic carbocycles. The van der Waals surface area contributed by atoms with E-state index in [9.17, 15) is 19.2 Å². The molecule has 3 amide bonds. The average Bonchev–Trinajstić information content (AvgIpc) is 3.07. The number of carbonyl (C=O) groups is 4. The Morgan fingerprint density at radius 1 is 1.00 bits per heavy atom. The molecule has 0 unspecified atom stereocenters. The number of amides is 3. The lowest BCUT2D eigenvalue weighted by atomic mass is 9.81. The smallest absolute Gasteiger partial charge is 0.273 e. The molecular formula is C24H23ClN2O5. The first-order chi connectivity index (χ1) is 15.4. The van der Waals surface area contributed by atoms with Crippen LogP contribution in [0.2, 0.25) is 5.02 Å². The second-order valence-corrected chi connectivity index (χ2v) is 8.45. The maximum atomic E-state index is 13.4. The lowest BCUT2D eigenvalue weighted by Crippen LogP contribution is -2.52. The zero-order valence-corrected chi connectivity index (χ0v) is 18.4. The molecule has 1 aliphatic heterocycles. The fourth-order valence-corrected chi connectivity index (χ4v) is 4.51. The van der Waals surface area contributed by atoms with Crippen LogP contribution in [0.5, 0.6) is 5.75 Å². The summed E-state index contributed by atoms with van der Waals surface area (Å²) in [4.78, 5) is 52.8. The first-order valence-electron chi connectivity index (χ1n) is 10.5. The Bertz CT molecular complexity index is 1040. The maximum Gasteiger partial charge on any atom is 0.273 e. The Kier molecular flexibility index (Phi) is 6.28. The van der Waals surface area contributed by atoms with Crippen molar-refractivity contribution in [1.29, 1.82) is 0 Å². The van der Waals surface area contributed by atoms with Crippen molar-refractivity contribution in [2.24, 2.45) is 11.8 Å². The summed E-state index contributed by atoms with van der Waals surface area (Å²) in [5.74, 6) is -2.25. The third-order valence-corrected chi connectivity index (χ3v) is 6.32. The number of rotatable bonds is 6. The van der Waals surface area contributed by atoms with Crippen molar-refractivity contribution in [2.45, 2.75) is 25.7 Å². The second kappa shape index (κ2) is 9.12. The van der Waals surface area contributed by atoms with Crippen molar-refractivity contribution < 1.29 is 23.9 Å². The van der Waals surface area contributed by atoms with Crippen LogP contribution in [0.15, 0.2) is 48.5 Å². The standard InChI is InChI=1S/C24H23ClN2O5/c1-32-18-6-4-5-16(13-18)21(28)14-26(22(29)15-9-11-17(25)12-10-15)27-23(30)19-7-2-3-8-20(19)24(27)31/h4-6,9-13,19-20H,2-3,7-8,14H2,1H3/t19-,20-/m1/s1. The Labute approximate surface area is 190 Å². The number of hydrazine groups is 1. The molecule has 166 valence electrons. The molecule has 2 aliphatic rings. The van der Waals surface area contributed by atoms with Gasteiger partial charge in [0.25, 0.3) is 17.7 Å². The summed E-state index contributed by atoms with van der Waals surface area (Å²) in [7, 11) is 1.49. The van der Waals surface area contributed by atoms with E-state index in [0.29, 0.717) is 29.2 Å². The van der Waals surface area contributed by atoms with Crippen molar-refractivity contribution in [3.05, 3.63) is 64.7 Å². The van der Waals surface area contributed by atoms with Crippen molar-refractivity contribution in [3.8, 4) is 5.75 Å². The molecule has 8 heteroatoms. The van der Waals surface area contributed by atoms with Crippen LogP contribution in [0.25, 0.3) is 0 Å². The van der Waals surface area contributed by atoms with Gasteiger partial charge in [-0.2, -0.15) is 5.01 Å². The summed E-state index contributed by atoms with van der Waals surface area (Å²) in [6, 6.07) is 12.6. The number of nitrogens with zero attached hydrogens (tertiary/aromatic N) is 2. The normalized spacial score (nSPS) is 20.1. The molecule has 32 heavy (non-hydrogen) atoms. The van der Waals surface area contributed by atoms with Gasteiger partial charge in [-0.15, -0.1) is 0 Å². The lowest BCUT2D eigenvalue weighted by Gasteiger charge is -2.30. The molecule has 0 bridgehead atoms. The van der Waals surface area contributed by atoms with Crippen molar-refractivity contribution >= 4 is 35.1 Å². The van der Waals surface area contributed by atoms with Gasteiger partial charge in [-0.05, 0) is 49.2 Å². The average molecular weight is 455 g/mol. The van der Waals surface area contributed by atoms with Gasteiger partial charge in [0.1, 0.15) is 12.3 Å². The maximum absolute atomic E-state index is 13.4. The number of fused-ring (bicyclic) bond motifs is 1. The Morgan fingerprint density at radius 2 is 1.62 bits per heavy atom. The molecule has 7 nitrogen and oxygen atoms in total. The Hall–Kier alpha value is -3.19. The predicted octanol–water partition coefficient (Wildman–Crippen LogP) is 3.76. The third-order valence-electron chi connectivity index (χ3n) is 6.07. The van der Waals surface area contributed by atoms with Crippen LogP contribution in [0.3, 0.4) is 0 Å². The van der Waals surface area contributed by atoms with E-state index in [4.69, 9.17) is 16.3 Å². The zero-order chi connectivity index (χ0) is 22.8. The molecule has 4 rings (SSSR count). The molecule has 1 saturated heterocycles. The second-order valence-electron chi connectivity index (χ2n) is 8.01. The first kappa shape index (κ1) is 22.0. The SMILES string of the molecule is COc1cccc(C(=O)CN(C(=O)c2ccc(Cl)cc2)N2C(=O)[C@@H]3CCCC[C@H]3C2=O)c1. The van der Waals surface area contributed by atoms with Crippen molar-refractivity contribution in [1.82, 2.24) is 10.0 Å². The molecular weight excluding hydrogens is 432 g/mol. The van der Waals surface area contributed by atoms with Gasteiger partial charge < -0.3 is 4.74 Å². The first-order valence-corrected chi connectivity index (χ1v) is 10.9. The number of methoxy groups -OCH3 is 1. The van der Waals surface area contributed by atoms with Crippen LogP contribution in [0.4, 0.5) is 0 Å². The molecule has 1 heterocycles. The number of ether oxygens (including phenoxy) is 1. The van der Waals surface area contributed by atoms with Gasteiger partial charge >= 0.3 is 0 Å². The number of Topliss-reactive ketones (excluding diaryl/α,β-unsaturated/α-hetero) is 1. The molecule has 2 aromatic rings. The number of halogens is 1. The van der Waals surface area contributed by atoms with E-state index in [0.717, 1.165) is 22.9 Å². The van der Waals surface area contributed by atoms with Crippen LogP contribution in [0.1, 0.15) is 46.4 Å². The highest BCUT2D eigenvalue weighted by molar-refractivity contribution is 6.30. The molecule has 2 aromatic carbocycles. The monoisotopic (exact) mass is 454 g/mol. The number of ketones is 1. The highest BCUT2D eigenvalue weighted by Gasteiger charge is 2.51. The zero-order valence-electron chi connectivity index (χ0n) is 17.6. The van der Waals surface area contributed by atoms with Gasteiger partial charge in [-0.1, -0.05) is 36.6 Å². The summed E-state index contributed by atoms with van der Waals surface area (Å²) in [5, 5.41) is 2.32. The topological polar surface area (TPSA) is 84.0 Å². The van der Waals surface area contributed by atoms with Crippen LogP contribution in [-0.2, 0) is 9.59 Å². The van der Waals surface area contributed by atoms with E-state index in [1.165, 1.54) is 19.2 Å². The minimum atomic E-state index is -0.613. The molecule has 1 saturated carbocycles. The van der Waals surface area contributed by atoms with Crippen molar-refractivity contribution in [2.75, 3.05) is 13.7 Å². The number of hydrogen-bond donors (Lipinski definition) is 0. The van der Waals surface area contributed by atoms with Crippen LogP contribution in [-0.4, -0.2) is 47.2 Å². The summed E-state index contributed by atoms with van der Waals surface area (Å²) in [6.45, 7) is -0.453. The van der Waals surface area contributed by atoms with Gasteiger partial charge in [0, 0.05) is 16.1 Å². The van der Waals surface area contributed by atoms with Crippen LogP contribution < -0.4 is 4.74 Å². The predicted molar refractivity (Wildman–Crippen MR) is 117 cm³/mol. The minimum absolute atomic E-state index is 0.225. The van der Waals surface area contributed by atoms with Gasteiger partial charge in [0.2, 0.25) is 0 Å². The van der Waals surface area contributed by atoms with Gasteiger partial charge in [-0.3, -0.25) is 19.2 Å². The van der Waals surface area contributed by atoms with Crippen LogP contribution >= 0.6 is 11.6 Å². The molecule has 0 N–H and O–H groups in total. The van der Waals surface area contributed by atoms with Gasteiger partial charge in [0.05, 0.1) is 18.9 Å². The minimum Gasteiger partial charge on any atom is -0.497 e. The quantitative estimate of drug-likeness (QED) is 0.490. The lowest BCUT2D eigenvalue weighted by molar-refractivity contribution is -0.154. The van der Waals surface area contributed by atoms with E-state index < -0.39 is 41.9 Å². The number of imide groups is 1. The summed E-state index contributed by atoms with van der Waals surface area (Å²) in [5.41, 5.74) is 0.540. The summed E-state index contributed by atoms with van der Waals surface area (Å²) >= 11 is 5.94. The summed E-state index contributed by atoms with van der Waals surface area (Å²) < 4.78 is 5.17. The third kappa shape index (κ3) is 4.12. The summed E-state index contributed by atoms with van der Waals surface area (Å²) in [6.07, 6.45) is 2.95. The van der Waals surface area contributed by atoms with Gasteiger partial charge in [0.15, 0.2) is 5.78 Å². The van der Waals surface area contributed by atoms with E-state index in [-0.39, 0.29) is 5.56 Å². The van der Waals surface area contributed by atoms with E-state index >= 15 is 0 Å². The van der Waals surface area contributed by atoms with Crippen molar-refractivity contribution in [3.63, 3.8) is 0 Å². The van der Waals surface area contributed by atoms with E-state index in [2.05, 4.69) is 0 Å². The molecule has 2 atom stereocenters. The largest absolute Gasteiger partial charge is 0.497 e. The fourth-order valence-electron chi connectivity index (χ4n) is 4.38. The molecule has 0 radical (unpaired) electrons. The number of hydrogen-bond acceptors (Lipinski definition) is 5. The Balaban J connectivity index is 1.68. The fraction of sp³-hybridized carbons (Fsp3) is 0.333. The highest BCUT2D eigenvalue weighted by Crippen LogP contribution is 2.39. The molecule has 0 spiro atoms. The van der Waals surface area contributed by atoms with E-state index in [1.807, 2.05) is 0 Å². The highest BCUT2D eigenvalue weighted by atomic mass is 35.5.